The Hall–Kier alpha value is -3.61. The van der Waals surface area contributed by atoms with Gasteiger partial charge in [-0.1, -0.05) is 30.3 Å². The number of halogens is 3. The Bertz CT molecular complexity index is 1320. The second-order valence-electron chi connectivity index (χ2n) is 8.27. The van der Waals surface area contributed by atoms with Gasteiger partial charge in [0.2, 0.25) is 5.91 Å². The normalized spacial score (nSPS) is 12.7. The van der Waals surface area contributed by atoms with Gasteiger partial charge in [-0.05, 0) is 67.8 Å². The lowest BCUT2D eigenvalue weighted by atomic mass is 9.91. The molecular weight excluding hydrogens is 427 g/mol. The fraction of sp³-hybridized carbons (Fsp3) is 0.231. The van der Waals surface area contributed by atoms with Crippen molar-refractivity contribution < 1.29 is 18.0 Å². The van der Waals surface area contributed by atoms with E-state index in [1.54, 1.807) is 12.3 Å². The number of hydrogen-bond donors (Lipinski definition) is 1. The molecule has 2 aromatic carbocycles. The highest BCUT2D eigenvalue weighted by Crippen LogP contribution is 2.35. The van der Waals surface area contributed by atoms with Crippen LogP contribution in [0.15, 0.2) is 66.9 Å². The SMILES string of the molecule is Cc1ccc(NC(=O)CC(c2cccc(C(F)(F)F)c2)c2cnc3cccc(C)n23)cc1C. The molecule has 0 radical (unpaired) electrons. The fourth-order valence-corrected chi connectivity index (χ4v) is 4.02. The molecule has 0 saturated carbocycles. The van der Waals surface area contributed by atoms with Crippen molar-refractivity contribution >= 4 is 17.2 Å². The second kappa shape index (κ2) is 8.73. The molecule has 7 heteroatoms. The number of amides is 1. The van der Waals surface area contributed by atoms with Gasteiger partial charge >= 0.3 is 6.18 Å². The maximum absolute atomic E-state index is 13.4. The molecule has 1 amide bonds. The average molecular weight is 451 g/mol. The summed E-state index contributed by atoms with van der Waals surface area (Å²) in [6, 6.07) is 16.4. The van der Waals surface area contributed by atoms with Crippen molar-refractivity contribution in [3.05, 3.63) is 101 Å². The van der Waals surface area contributed by atoms with Crippen LogP contribution < -0.4 is 5.32 Å². The number of nitrogens with one attached hydrogen (secondary N) is 1. The number of hydrogen-bond acceptors (Lipinski definition) is 2. The molecular formula is C26H24F3N3O. The van der Waals surface area contributed by atoms with Crippen LogP contribution in [0.3, 0.4) is 0 Å². The molecule has 33 heavy (non-hydrogen) atoms. The van der Waals surface area contributed by atoms with E-state index in [2.05, 4.69) is 10.3 Å². The molecule has 0 bridgehead atoms. The molecule has 4 aromatic rings. The van der Waals surface area contributed by atoms with Crippen LogP contribution in [0.2, 0.25) is 0 Å². The number of rotatable bonds is 5. The predicted molar refractivity (Wildman–Crippen MR) is 122 cm³/mol. The number of aromatic nitrogens is 2. The summed E-state index contributed by atoms with van der Waals surface area (Å²) in [4.78, 5) is 17.4. The van der Waals surface area contributed by atoms with Gasteiger partial charge in [0.15, 0.2) is 0 Å². The highest BCUT2D eigenvalue weighted by Gasteiger charge is 2.32. The second-order valence-corrected chi connectivity index (χ2v) is 8.27. The number of benzene rings is 2. The largest absolute Gasteiger partial charge is 0.416 e. The van der Waals surface area contributed by atoms with Crippen LogP contribution in [0, 0.1) is 20.8 Å². The van der Waals surface area contributed by atoms with Crippen molar-refractivity contribution in [1.82, 2.24) is 9.38 Å². The van der Waals surface area contributed by atoms with Crippen molar-refractivity contribution in [3.63, 3.8) is 0 Å². The van der Waals surface area contributed by atoms with Crippen molar-refractivity contribution in [2.24, 2.45) is 0 Å². The molecule has 0 aliphatic rings. The average Bonchev–Trinajstić information content (AvgIpc) is 3.19. The number of nitrogens with zero attached hydrogens (tertiary/aromatic N) is 2. The highest BCUT2D eigenvalue weighted by molar-refractivity contribution is 5.91. The van der Waals surface area contributed by atoms with Crippen LogP contribution in [0.4, 0.5) is 18.9 Å². The molecule has 1 N–H and O–H groups in total. The molecule has 0 saturated heterocycles. The number of aryl methyl sites for hydroxylation is 3. The van der Waals surface area contributed by atoms with Crippen LogP contribution >= 0.6 is 0 Å². The van der Waals surface area contributed by atoms with Crippen LogP contribution in [0.5, 0.6) is 0 Å². The molecule has 0 aliphatic heterocycles. The Morgan fingerprint density at radius 1 is 1.00 bits per heavy atom. The van der Waals surface area contributed by atoms with Gasteiger partial charge in [0.25, 0.3) is 0 Å². The number of alkyl halides is 3. The maximum atomic E-state index is 13.4. The van der Waals surface area contributed by atoms with E-state index >= 15 is 0 Å². The molecule has 1 atom stereocenters. The number of anilines is 1. The van der Waals surface area contributed by atoms with Gasteiger partial charge < -0.3 is 9.72 Å². The predicted octanol–water partition coefficient (Wildman–Crippen LogP) is 6.44. The topological polar surface area (TPSA) is 46.4 Å². The Morgan fingerprint density at radius 2 is 1.76 bits per heavy atom. The lowest BCUT2D eigenvalue weighted by Crippen LogP contribution is -2.18. The minimum absolute atomic E-state index is 0.0314. The number of carbonyl (C=O) groups excluding carboxylic acids is 1. The van der Waals surface area contributed by atoms with Crippen LogP contribution in [-0.2, 0) is 11.0 Å². The highest BCUT2D eigenvalue weighted by atomic mass is 19.4. The minimum Gasteiger partial charge on any atom is -0.326 e. The van der Waals surface area contributed by atoms with Gasteiger partial charge in [0, 0.05) is 29.9 Å². The minimum atomic E-state index is -4.47. The first-order valence-electron chi connectivity index (χ1n) is 10.6. The van der Waals surface area contributed by atoms with Gasteiger partial charge in [-0.25, -0.2) is 4.98 Å². The molecule has 0 fully saturated rings. The summed E-state index contributed by atoms with van der Waals surface area (Å²) in [5.74, 6) is -0.904. The van der Waals surface area contributed by atoms with Gasteiger partial charge in [0.05, 0.1) is 11.3 Å². The molecule has 0 aliphatic carbocycles. The van der Waals surface area contributed by atoms with Gasteiger partial charge in [-0.15, -0.1) is 0 Å². The first kappa shape index (κ1) is 22.6. The van der Waals surface area contributed by atoms with E-state index in [-0.39, 0.29) is 12.3 Å². The summed E-state index contributed by atoms with van der Waals surface area (Å²) in [6.45, 7) is 5.84. The monoisotopic (exact) mass is 451 g/mol. The summed E-state index contributed by atoms with van der Waals surface area (Å²) in [6.07, 6.45) is -2.87. The zero-order valence-corrected chi connectivity index (χ0v) is 18.6. The summed E-state index contributed by atoms with van der Waals surface area (Å²) < 4.78 is 42.1. The number of imidazole rings is 1. The quantitative estimate of drug-likeness (QED) is 0.380. The molecule has 2 aromatic heterocycles. The lowest BCUT2D eigenvalue weighted by molar-refractivity contribution is -0.137. The van der Waals surface area contributed by atoms with Crippen LogP contribution in [0.25, 0.3) is 5.65 Å². The van der Waals surface area contributed by atoms with E-state index in [0.29, 0.717) is 22.6 Å². The van der Waals surface area contributed by atoms with Crippen LogP contribution in [-0.4, -0.2) is 15.3 Å². The Balaban J connectivity index is 1.74. The smallest absolute Gasteiger partial charge is 0.326 e. The molecule has 1 unspecified atom stereocenters. The zero-order valence-electron chi connectivity index (χ0n) is 18.6. The van der Waals surface area contributed by atoms with Gasteiger partial charge in [0.1, 0.15) is 5.65 Å². The van der Waals surface area contributed by atoms with Crippen LogP contribution in [0.1, 0.15) is 46.0 Å². The standard InChI is InChI=1S/C26H24F3N3O/c1-16-10-11-21(12-17(16)2)31-25(33)14-22(19-7-5-8-20(13-19)26(27,28)29)23-15-30-24-9-4-6-18(3)32(23)24/h4-13,15,22H,14H2,1-3H3,(H,31,33). The first-order chi connectivity index (χ1) is 15.6. The van der Waals surface area contributed by atoms with E-state index in [1.807, 2.05) is 61.6 Å². The third kappa shape index (κ3) is 4.77. The first-order valence-corrected chi connectivity index (χ1v) is 10.6. The number of carbonyl (C=O) groups is 1. The van der Waals surface area contributed by atoms with Gasteiger partial charge in [-0.2, -0.15) is 13.2 Å². The molecule has 170 valence electrons. The molecule has 0 spiro atoms. The summed E-state index contributed by atoms with van der Waals surface area (Å²) in [5, 5.41) is 2.89. The fourth-order valence-electron chi connectivity index (χ4n) is 4.02. The Morgan fingerprint density at radius 3 is 2.48 bits per heavy atom. The van der Waals surface area contributed by atoms with Crippen molar-refractivity contribution in [2.75, 3.05) is 5.32 Å². The number of pyridine rings is 1. The lowest BCUT2D eigenvalue weighted by Gasteiger charge is -2.20. The molecule has 4 nitrogen and oxygen atoms in total. The summed E-state index contributed by atoms with van der Waals surface area (Å²) in [5.41, 5.74) is 4.69. The van der Waals surface area contributed by atoms with E-state index in [9.17, 15) is 18.0 Å². The third-order valence-corrected chi connectivity index (χ3v) is 5.91. The molecule has 4 rings (SSSR count). The Labute approximate surface area is 190 Å². The van der Waals surface area contributed by atoms with E-state index in [0.717, 1.165) is 29.0 Å². The van der Waals surface area contributed by atoms with E-state index in [4.69, 9.17) is 0 Å². The van der Waals surface area contributed by atoms with E-state index in [1.165, 1.54) is 6.07 Å². The summed E-state index contributed by atoms with van der Waals surface area (Å²) >= 11 is 0. The van der Waals surface area contributed by atoms with Crippen molar-refractivity contribution in [1.29, 1.82) is 0 Å². The maximum Gasteiger partial charge on any atom is 0.416 e. The third-order valence-electron chi connectivity index (χ3n) is 5.91. The van der Waals surface area contributed by atoms with Crippen molar-refractivity contribution in [2.45, 2.75) is 39.3 Å². The molecule has 2 heterocycles. The number of fused-ring (bicyclic) bond motifs is 1. The Kier molecular flexibility index (Phi) is 5.97. The summed E-state index contributed by atoms with van der Waals surface area (Å²) in [7, 11) is 0. The van der Waals surface area contributed by atoms with Gasteiger partial charge in [-0.3, -0.25) is 4.79 Å². The zero-order chi connectivity index (χ0) is 23.8. The van der Waals surface area contributed by atoms with Crippen molar-refractivity contribution in [3.8, 4) is 0 Å². The van der Waals surface area contributed by atoms with E-state index < -0.39 is 17.7 Å².